The molecule has 9 nitrogen and oxygen atoms in total. The highest BCUT2D eigenvalue weighted by Crippen LogP contribution is 2.41. The standard InChI is InChI=1S/C29H31N3O6S/c1-29(2,3)21-14-16-22(17-15-21)39(34,35)32-27-25(38-24-13-9-8-12-23(24)36-4)28(37-19-18-33)31-26(30-27)20-10-6-5-7-11-20/h5-17,33H,18-19H2,1-4H3,(H,30,31,32). The number of aromatic nitrogens is 2. The van der Waals surface area contributed by atoms with Crippen LogP contribution in [0.4, 0.5) is 5.82 Å². The molecule has 4 aromatic rings. The van der Waals surface area contributed by atoms with E-state index in [-0.39, 0.29) is 46.8 Å². The van der Waals surface area contributed by atoms with Crippen LogP contribution < -0.4 is 18.9 Å². The fourth-order valence-electron chi connectivity index (χ4n) is 3.68. The van der Waals surface area contributed by atoms with Crippen molar-refractivity contribution in [1.82, 2.24) is 9.97 Å². The Hall–Kier alpha value is -4.15. The number of para-hydroxylation sites is 2. The van der Waals surface area contributed by atoms with Gasteiger partial charge in [-0.3, -0.25) is 4.72 Å². The molecule has 0 saturated carbocycles. The summed E-state index contributed by atoms with van der Waals surface area (Å²) in [7, 11) is -2.61. The van der Waals surface area contributed by atoms with E-state index in [4.69, 9.17) is 14.2 Å². The van der Waals surface area contributed by atoms with E-state index in [0.717, 1.165) is 5.56 Å². The highest BCUT2D eigenvalue weighted by molar-refractivity contribution is 7.92. The lowest BCUT2D eigenvalue weighted by atomic mass is 9.87. The second-order valence-electron chi connectivity index (χ2n) is 9.60. The third-order valence-electron chi connectivity index (χ3n) is 5.74. The summed E-state index contributed by atoms with van der Waals surface area (Å²) in [5, 5.41) is 9.42. The van der Waals surface area contributed by atoms with Crippen molar-refractivity contribution in [2.75, 3.05) is 25.0 Å². The number of anilines is 1. The molecule has 0 amide bonds. The zero-order valence-corrected chi connectivity index (χ0v) is 23.0. The summed E-state index contributed by atoms with van der Waals surface area (Å²) >= 11 is 0. The second-order valence-corrected chi connectivity index (χ2v) is 11.3. The number of nitrogens with one attached hydrogen (secondary N) is 1. The van der Waals surface area contributed by atoms with Gasteiger partial charge in [-0.1, -0.05) is 75.4 Å². The summed E-state index contributed by atoms with van der Waals surface area (Å²) < 4.78 is 46.8. The summed E-state index contributed by atoms with van der Waals surface area (Å²) in [4.78, 5) is 9.06. The Kier molecular flexibility index (Phi) is 8.37. The van der Waals surface area contributed by atoms with Gasteiger partial charge in [-0.15, -0.1) is 0 Å². The topological polar surface area (TPSA) is 120 Å². The minimum absolute atomic E-state index is 0.0513. The van der Waals surface area contributed by atoms with Gasteiger partial charge in [-0.2, -0.15) is 4.98 Å². The Morgan fingerprint density at radius 1 is 0.872 bits per heavy atom. The van der Waals surface area contributed by atoms with E-state index in [1.54, 1.807) is 60.7 Å². The first-order chi connectivity index (χ1) is 18.6. The minimum atomic E-state index is -4.10. The van der Waals surface area contributed by atoms with Crippen LogP contribution in [0.25, 0.3) is 11.4 Å². The number of aliphatic hydroxyl groups is 1. The van der Waals surface area contributed by atoms with Crippen LogP contribution in [0, 0.1) is 0 Å². The van der Waals surface area contributed by atoms with E-state index >= 15 is 0 Å². The summed E-state index contributed by atoms with van der Waals surface area (Å²) in [5.41, 5.74) is 1.49. The van der Waals surface area contributed by atoms with Crippen LogP contribution in [0.15, 0.2) is 83.8 Å². The molecule has 1 heterocycles. The summed E-state index contributed by atoms with van der Waals surface area (Å²) in [6.07, 6.45) is 0. The largest absolute Gasteiger partial charge is 0.493 e. The van der Waals surface area contributed by atoms with Gasteiger partial charge in [0.25, 0.3) is 15.9 Å². The van der Waals surface area contributed by atoms with Crippen LogP contribution in [-0.2, 0) is 15.4 Å². The monoisotopic (exact) mass is 549 g/mol. The van der Waals surface area contributed by atoms with Crippen LogP contribution in [-0.4, -0.2) is 43.8 Å². The molecule has 0 aliphatic carbocycles. The van der Waals surface area contributed by atoms with Gasteiger partial charge in [0.05, 0.1) is 18.6 Å². The van der Waals surface area contributed by atoms with Crippen LogP contribution >= 0.6 is 0 Å². The van der Waals surface area contributed by atoms with E-state index in [1.807, 2.05) is 18.2 Å². The Bertz CT molecular complexity index is 1520. The molecule has 10 heteroatoms. The van der Waals surface area contributed by atoms with Crippen molar-refractivity contribution in [3.05, 3.63) is 84.4 Å². The zero-order chi connectivity index (χ0) is 28.0. The maximum Gasteiger partial charge on any atom is 0.263 e. The lowest BCUT2D eigenvalue weighted by Crippen LogP contribution is -2.17. The third-order valence-corrected chi connectivity index (χ3v) is 7.09. The average molecular weight is 550 g/mol. The number of hydrogen-bond acceptors (Lipinski definition) is 8. The number of rotatable bonds is 10. The van der Waals surface area contributed by atoms with Gasteiger partial charge in [-0.25, -0.2) is 13.4 Å². The Morgan fingerprint density at radius 2 is 1.51 bits per heavy atom. The van der Waals surface area contributed by atoms with Crippen LogP contribution in [0.2, 0.25) is 0 Å². The van der Waals surface area contributed by atoms with E-state index in [2.05, 4.69) is 35.5 Å². The van der Waals surface area contributed by atoms with E-state index < -0.39 is 10.0 Å². The molecule has 0 radical (unpaired) electrons. The van der Waals surface area contributed by atoms with Crippen molar-refractivity contribution in [3.63, 3.8) is 0 Å². The Labute approximate surface area is 228 Å². The fourth-order valence-corrected chi connectivity index (χ4v) is 4.69. The third kappa shape index (κ3) is 6.65. The molecule has 0 bridgehead atoms. The molecular weight excluding hydrogens is 518 g/mol. The van der Waals surface area contributed by atoms with Crippen molar-refractivity contribution < 1.29 is 27.7 Å². The zero-order valence-electron chi connectivity index (χ0n) is 22.2. The van der Waals surface area contributed by atoms with Crippen LogP contribution in [0.3, 0.4) is 0 Å². The molecule has 0 aliphatic heterocycles. The number of methoxy groups -OCH3 is 1. The first kappa shape index (κ1) is 27.9. The summed E-state index contributed by atoms with van der Waals surface area (Å²) in [6, 6.07) is 22.6. The molecule has 0 spiro atoms. The predicted molar refractivity (Wildman–Crippen MR) is 149 cm³/mol. The smallest absolute Gasteiger partial charge is 0.263 e. The highest BCUT2D eigenvalue weighted by Gasteiger charge is 2.26. The molecule has 0 aliphatic rings. The first-order valence-corrected chi connectivity index (χ1v) is 13.8. The number of sulfonamides is 1. The molecule has 204 valence electrons. The first-order valence-electron chi connectivity index (χ1n) is 12.3. The number of aliphatic hydroxyl groups excluding tert-OH is 1. The Balaban J connectivity index is 1.85. The lowest BCUT2D eigenvalue weighted by molar-refractivity contribution is 0.192. The molecule has 3 aromatic carbocycles. The molecule has 0 fully saturated rings. The molecule has 4 rings (SSSR count). The molecule has 39 heavy (non-hydrogen) atoms. The minimum Gasteiger partial charge on any atom is -0.493 e. The van der Waals surface area contributed by atoms with Crippen molar-refractivity contribution >= 4 is 15.8 Å². The van der Waals surface area contributed by atoms with Crippen molar-refractivity contribution in [2.45, 2.75) is 31.1 Å². The molecule has 1 aromatic heterocycles. The van der Waals surface area contributed by atoms with Gasteiger partial charge < -0.3 is 19.3 Å². The molecule has 2 N–H and O–H groups in total. The fraction of sp³-hybridized carbons (Fsp3) is 0.241. The summed E-state index contributed by atoms with van der Waals surface area (Å²) in [5.74, 6) is 0.635. The van der Waals surface area contributed by atoms with Gasteiger partial charge in [0, 0.05) is 5.56 Å². The number of benzene rings is 3. The van der Waals surface area contributed by atoms with Crippen molar-refractivity contribution in [3.8, 4) is 34.5 Å². The van der Waals surface area contributed by atoms with E-state index in [1.165, 1.54) is 7.11 Å². The summed E-state index contributed by atoms with van der Waals surface area (Å²) in [6.45, 7) is 5.76. The van der Waals surface area contributed by atoms with E-state index in [0.29, 0.717) is 17.1 Å². The van der Waals surface area contributed by atoms with Gasteiger partial charge >= 0.3 is 0 Å². The average Bonchev–Trinajstić information content (AvgIpc) is 2.93. The molecular formula is C29H31N3O6S. The number of hydrogen-bond donors (Lipinski definition) is 2. The Morgan fingerprint density at radius 3 is 2.13 bits per heavy atom. The maximum atomic E-state index is 13.5. The molecule has 0 atom stereocenters. The van der Waals surface area contributed by atoms with E-state index in [9.17, 15) is 13.5 Å². The van der Waals surface area contributed by atoms with Gasteiger partial charge in [0.2, 0.25) is 5.75 Å². The number of ether oxygens (including phenoxy) is 3. The maximum absolute atomic E-state index is 13.5. The number of nitrogens with zero attached hydrogens (tertiary/aromatic N) is 2. The highest BCUT2D eigenvalue weighted by atomic mass is 32.2. The SMILES string of the molecule is COc1ccccc1Oc1c(NS(=O)(=O)c2ccc(C(C)(C)C)cc2)nc(-c2ccccc2)nc1OCCO. The van der Waals surface area contributed by atoms with Crippen molar-refractivity contribution in [2.24, 2.45) is 0 Å². The van der Waals surface area contributed by atoms with Gasteiger partial charge in [0.15, 0.2) is 23.1 Å². The van der Waals surface area contributed by atoms with Gasteiger partial charge in [-0.05, 0) is 35.2 Å². The van der Waals surface area contributed by atoms with Crippen LogP contribution in [0.5, 0.6) is 23.1 Å². The van der Waals surface area contributed by atoms with Gasteiger partial charge in [0.1, 0.15) is 6.61 Å². The second kappa shape index (κ2) is 11.7. The van der Waals surface area contributed by atoms with Crippen molar-refractivity contribution in [1.29, 1.82) is 0 Å². The predicted octanol–water partition coefficient (Wildman–Crippen LogP) is 5.41. The van der Waals surface area contributed by atoms with Crippen LogP contribution in [0.1, 0.15) is 26.3 Å². The molecule has 0 unspecified atom stereocenters. The normalized spacial score (nSPS) is 11.6. The lowest BCUT2D eigenvalue weighted by Gasteiger charge is -2.20. The molecule has 0 saturated heterocycles. The quantitative estimate of drug-likeness (QED) is 0.269.